The summed E-state index contributed by atoms with van der Waals surface area (Å²) >= 11 is 0. The number of benzene rings is 4. The van der Waals surface area contributed by atoms with Gasteiger partial charge in [0.25, 0.3) is 5.91 Å². The molecule has 1 fully saturated rings. The predicted octanol–water partition coefficient (Wildman–Crippen LogP) is 8.19. The van der Waals surface area contributed by atoms with E-state index in [0.29, 0.717) is 55.1 Å². The lowest BCUT2D eigenvalue weighted by atomic mass is 9.72. The van der Waals surface area contributed by atoms with E-state index in [2.05, 4.69) is 89.5 Å². The average Bonchev–Trinajstić information content (AvgIpc) is 3.71. The first-order valence-electron chi connectivity index (χ1n) is 22.8. The van der Waals surface area contributed by atoms with Gasteiger partial charge >= 0.3 is 0 Å². The van der Waals surface area contributed by atoms with Crippen molar-refractivity contribution in [2.24, 2.45) is 11.8 Å². The van der Waals surface area contributed by atoms with E-state index in [1.807, 2.05) is 0 Å². The number of carbonyl (C=O) groups is 1. The van der Waals surface area contributed by atoms with Crippen molar-refractivity contribution in [1.29, 1.82) is 0 Å². The molecule has 0 radical (unpaired) electrons. The van der Waals surface area contributed by atoms with Crippen LogP contribution >= 0.6 is 0 Å². The predicted molar refractivity (Wildman–Crippen MR) is 241 cm³/mol. The molecule has 4 aromatic carbocycles. The molecule has 11 heteroatoms. The Morgan fingerprint density at radius 1 is 0.746 bits per heavy atom. The van der Waals surface area contributed by atoms with Gasteiger partial charge in [-0.05, 0) is 124 Å². The number of hydrogen-bond donors (Lipinski definition) is 1. The summed E-state index contributed by atoms with van der Waals surface area (Å²) in [5.41, 5.74) is 11.2. The van der Waals surface area contributed by atoms with E-state index in [1.165, 1.54) is 44.5 Å². The first kappa shape index (κ1) is 43.2. The van der Waals surface area contributed by atoms with Gasteiger partial charge < -0.3 is 43.2 Å². The van der Waals surface area contributed by atoms with Gasteiger partial charge in [-0.15, -0.1) is 0 Å². The van der Waals surface area contributed by atoms with Crippen LogP contribution in [0.4, 0.5) is 0 Å². The summed E-state index contributed by atoms with van der Waals surface area (Å²) in [6.45, 7) is 5.62. The van der Waals surface area contributed by atoms with Crippen LogP contribution in [0.1, 0.15) is 89.6 Å². The molecule has 0 spiro atoms. The van der Waals surface area contributed by atoms with E-state index in [1.54, 1.807) is 28.4 Å². The second-order valence-corrected chi connectivity index (χ2v) is 17.6. The lowest BCUT2D eigenvalue weighted by Gasteiger charge is -2.49. The maximum atomic E-state index is 15.5. The Bertz CT molecular complexity index is 2330. The van der Waals surface area contributed by atoms with Crippen molar-refractivity contribution < 1.29 is 43.1 Å². The summed E-state index contributed by atoms with van der Waals surface area (Å²) < 4.78 is 41.7. The highest BCUT2D eigenvalue weighted by Gasteiger charge is 2.44. The van der Waals surface area contributed by atoms with Crippen LogP contribution in [0.25, 0.3) is 11.1 Å². The first-order chi connectivity index (χ1) is 30.9. The summed E-state index contributed by atoms with van der Waals surface area (Å²) in [5, 5.41) is 9.27. The van der Waals surface area contributed by atoms with Crippen LogP contribution < -0.4 is 18.9 Å². The molecule has 1 aliphatic carbocycles. The van der Waals surface area contributed by atoms with Crippen LogP contribution in [0.5, 0.6) is 23.0 Å². The molecule has 4 aromatic rings. The van der Waals surface area contributed by atoms with E-state index in [9.17, 15) is 5.11 Å². The zero-order chi connectivity index (χ0) is 43.6. The normalized spacial score (nSPS) is 23.6. The Morgan fingerprint density at radius 2 is 1.44 bits per heavy atom. The summed E-state index contributed by atoms with van der Waals surface area (Å²) in [5.74, 6) is 3.74. The molecule has 0 bridgehead atoms. The van der Waals surface area contributed by atoms with Gasteiger partial charge in [0.1, 0.15) is 0 Å². The van der Waals surface area contributed by atoms with Crippen LogP contribution in [0.15, 0.2) is 78.6 Å². The molecule has 4 heterocycles. The third-order valence-corrected chi connectivity index (χ3v) is 14.4. The molecule has 9 rings (SSSR count). The fraction of sp³-hybridized carbons (Fsp3) is 0.481. The average molecular weight is 859 g/mol. The zero-order valence-corrected chi connectivity index (χ0v) is 37.4. The van der Waals surface area contributed by atoms with Crippen LogP contribution in [-0.4, -0.2) is 102 Å². The van der Waals surface area contributed by atoms with Crippen LogP contribution in [-0.2, 0) is 38.3 Å². The Kier molecular flexibility index (Phi) is 13.0. The molecule has 1 N–H and O–H groups in total. The highest BCUT2D eigenvalue weighted by Crippen LogP contribution is 2.50. The highest BCUT2D eigenvalue weighted by molar-refractivity contribution is 5.92. The number of carbonyl (C=O) groups excluding carboxylic acids is 1. The van der Waals surface area contributed by atoms with Crippen LogP contribution in [0, 0.1) is 11.8 Å². The smallest absolute Gasteiger partial charge is 0.289 e. The van der Waals surface area contributed by atoms with Crippen molar-refractivity contribution in [2.45, 2.75) is 76.2 Å². The van der Waals surface area contributed by atoms with Gasteiger partial charge in [-0.25, -0.2) is 0 Å². The Labute approximate surface area is 371 Å². The monoisotopic (exact) mass is 858 g/mol. The standard InChI is InChI=1S/C52H62N2O9/c1-6-32-31-53-16-14-34-25-46(57-2)48(59-4)29-41(34)44(53)23-36(32)24-45-42-30-49(60-5)47(58-3)26-35(42)15-17-54(45)52(56)50-27-37(28-51(63-50)62-21-20-61-19-18-55)39-12-9-13-40-38-11-8-7-10-33(38)22-43(39)40/h7-13,25-27,29-30,32,36-37,44-45,51,55H,6,14-24,28,31H2,1-5H3/t32-,36+,37+,44-,45+,51-/m0/s1. The Hall–Kier alpha value is -5.07. The van der Waals surface area contributed by atoms with E-state index >= 15 is 4.79 Å². The molecule has 4 aliphatic heterocycles. The van der Waals surface area contributed by atoms with Crippen molar-refractivity contribution in [1.82, 2.24) is 9.80 Å². The van der Waals surface area contributed by atoms with Gasteiger partial charge in [0, 0.05) is 38.0 Å². The summed E-state index contributed by atoms with van der Waals surface area (Å²) in [7, 11) is 6.75. The zero-order valence-electron chi connectivity index (χ0n) is 37.4. The summed E-state index contributed by atoms with van der Waals surface area (Å²) in [4.78, 5) is 20.2. The van der Waals surface area contributed by atoms with Crippen molar-refractivity contribution >= 4 is 5.91 Å². The molecule has 1 saturated heterocycles. The van der Waals surface area contributed by atoms with E-state index in [4.69, 9.17) is 33.2 Å². The van der Waals surface area contributed by atoms with Crippen LogP contribution in [0.2, 0.25) is 0 Å². The molecule has 5 aliphatic rings. The largest absolute Gasteiger partial charge is 0.493 e. The number of ether oxygens (including phenoxy) is 7. The molecule has 0 saturated carbocycles. The number of methoxy groups -OCH3 is 4. The van der Waals surface area contributed by atoms with Gasteiger partial charge in [-0.1, -0.05) is 55.8 Å². The maximum absolute atomic E-state index is 15.5. The lowest BCUT2D eigenvalue weighted by molar-refractivity contribution is -0.158. The molecule has 63 heavy (non-hydrogen) atoms. The Morgan fingerprint density at radius 3 is 2.19 bits per heavy atom. The minimum atomic E-state index is -0.660. The number of nitrogens with zero attached hydrogens (tertiary/aromatic N) is 2. The van der Waals surface area contributed by atoms with Gasteiger partial charge in [0.15, 0.2) is 28.8 Å². The molecule has 0 aromatic heterocycles. The third-order valence-electron chi connectivity index (χ3n) is 14.4. The number of allylic oxidation sites excluding steroid dienone is 1. The molecule has 0 unspecified atom stereocenters. The number of fused-ring (bicyclic) bond motifs is 7. The summed E-state index contributed by atoms with van der Waals surface area (Å²) in [6.07, 6.45) is 7.26. The molecule has 334 valence electrons. The van der Waals surface area contributed by atoms with Crippen molar-refractivity contribution in [3.05, 3.63) is 118 Å². The summed E-state index contributed by atoms with van der Waals surface area (Å²) in [6, 6.07) is 23.7. The fourth-order valence-electron chi connectivity index (χ4n) is 11.3. The molecule has 11 nitrogen and oxygen atoms in total. The van der Waals surface area contributed by atoms with Gasteiger partial charge in [0.2, 0.25) is 6.29 Å². The second-order valence-electron chi connectivity index (χ2n) is 17.6. The van der Waals surface area contributed by atoms with Gasteiger partial charge in [-0.2, -0.15) is 0 Å². The SMILES string of the molecule is CC[C@H]1CN2CCc3cc(OC)c(OC)cc3[C@@H]2C[C@@H]1C[C@@H]1c2cc(OC)c(OC)cc2CCN1C(=O)C1=C[C@@H](c2cccc3c2Cc2ccccc2-3)C[C@@H](OCCOCCO)O1. The number of amides is 1. The van der Waals surface area contributed by atoms with E-state index < -0.39 is 6.29 Å². The van der Waals surface area contributed by atoms with Crippen molar-refractivity contribution in [3.63, 3.8) is 0 Å². The number of rotatable bonds is 15. The topological polar surface area (TPSA) is 108 Å². The minimum Gasteiger partial charge on any atom is -0.493 e. The Balaban J connectivity index is 1.07. The molecule has 1 amide bonds. The molecular formula is C52H62N2O9. The fourth-order valence-corrected chi connectivity index (χ4v) is 11.3. The van der Waals surface area contributed by atoms with E-state index in [0.717, 1.165) is 62.3 Å². The maximum Gasteiger partial charge on any atom is 0.289 e. The number of aliphatic hydroxyl groups is 1. The van der Waals surface area contributed by atoms with Crippen molar-refractivity contribution in [2.75, 3.05) is 74.5 Å². The molecular weight excluding hydrogens is 797 g/mol. The van der Waals surface area contributed by atoms with E-state index in [-0.39, 0.29) is 43.7 Å². The number of piperidine rings is 1. The number of hydrogen-bond acceptors (Lipinski definition) is 10. The van der Waals surface area contributed by atoms with Crippen molar-refractivity contribution in [3.8, 4) is 34.1 Å². The minimum absolute atomic E-state index is 0.0558. The third kappa shape index (κ3) is 8.41. The van der Waals surface area contributed by atoms with Gasteiger partial charge in [-0.3, -0.25) is 9.69 Å². The molecule has 6 atom stereocenters. The highest BCUT2D eigenvalue weighted by atomic mass is 16.7. The lowest BCUT2D eigenvalue weighted by Crippen LogP contribution is -2.48. The van der Waals surface area contributed by atoms with Crippen LogP contribution in [0.3, 0.4) is 0 Å². The first-order valence-corrected chi connectivity index (χ1v) is 22.8. The quantitative estimate of drug-likeness (QED) is 0.104. The number of aliphatic hydroxyl groups excluding tert-OH is 1. The van der Waals surface area contributed by atoms with Gasteiger partial charge in [0.05, 0.1) is 60.9 Å². The second kappa shape index (κ2) is 19.0.